The van der Waals surface area contributed by atoms with Crippen LogP contribution in [0.25, 0.3) is 5.70 Å². The molecule has 1 aliphatic rings. The van der Waals surface area contributed by atoms with Crippen LogP contribution in [0, 0.1) is 12.7 Å². The number of amides is 2. The molecule has 0 bridgehead atoms. The number of nitrogens with one attached hydrogen (secondary N) is 2. The zero-order valence-electron chi connectivity index (χ0n) is 17.2. The lowest BCUT2D eigenvalue weighted by Crippen LogP contribution is -2.56. The van der Waals surface area contributed by atoms with Gasteiger partial charge in [0.1, 0.15) is 5.82 Å². The number of likely N-dealkylation sites (N-methyl/N-ethyl adjacent to an activating group) is 1. The van der Waals surface area contributed by atoms with Crippen LogP contribution in [0.2, 0.25) is 0 Å². The third kappa shape index (κ3) is 5.80. The Morgan fingerprint density at radius 1 is 1.31 bits per heavy atom. The number of carbonyl (C=O) groups excluding carboxylic acids is 2. The highest BCUT2D eigenvalue weighted by Crippen LogP contribution is 2.21. The molecule has 158 valence electrons. The van der Waals surface area contributed by atoms with Gasteiger partial charge in [0.25, 0.3) is 11.8 Å². The molecule has 2 rings (SSSR count). The first-order valence-electron chi connectivity index (χ1n) is 9.75. The Hall–Kier alpha value is -2.87. The van der Waals surface area contributed by atoms with Gasteiger partial charge < -0.3 is 27.0 Å². The van der Waals surface area contributed by atoms with Gasteiger partial charge in [0, 0.05) is 43.5 Å². The second kappa shape index (κ2) is 10.1. The Labute approximate surface area is 171 Å². The first-order valence-corrected chi connectivity index (χ1v) is 9.75. The van der Waals surface area contributed by atoms with E-state index in [9.17, 15) is 14.0 Å². The monoisotopic (exact) mass is 403 g/mol. The highest BCUT2D eigenvalue weighted by molar-refractivity contribution is 5.96. The summed E-state index contributed by atoms with van der Waals surface area (Å²) < 4.78 is 14.4. The van der Waals surface area contributed by atoms with Crippen molar-refractivity contribution in [1.82, 2.24) is 15.5 Å². The highest BCUT2D eigenvalue weighted by atomic mass is 19.1. The predicted octanol–water partition coefficient (Wildman–Crippen LogP) is 1.24. The summed E-state index contributed by atoms with van der Waals surface area (Å²) in [6.45, 7) is 5.63. The number of hydrogen-bond donors (Lipinski definition) is 4. The summed E-state index contributed by atoms with van der Waals surface area (Å²) in [4.78, 5) is 26.1. The lowest BCUT2D eigenvalue weighted by atomic mass is 10.0. The number of nitrogens with zero attached hydrogens (tertiary/aromatic N) is 1. The molecule has 0 atom stereocenters. The number of halogens is 1. The molecule has 1 fully saturated rings. The molecule has 1 aromatic carbocycles. The molecule has 1 saturated heterocycles. The van der Waals surface area contributed by atoms with Crippen LogP contribution in [0.3, 0.4) is 0 Å². The maximum atomic E-state index is 14.4. The first kappa shape index (κ1) is 22.4. The smallest absolute Gasteiger partial charge is 0.269 e. The number of carbonyl (C=O) groups is 2. The van der Waals surface area contributed by atoms with Crippen molar-refractivity contribution in [3.8, 4) is 0 Å². The summed E-state index contributed by atoms with van der Waals surface area (Å²) >= 11 is 0. The third-order valence-electron chi connectivity index (χ3n) is 4.92. The molecule has 1 aliphatic heterocycles. The van der Waals surface area contributed by atoms with E-state index in [0.717, 1.165) is 12.8 Å². The standard InChI is InChI=1S/C21H30FN5O2/c1-4-5-8-27(3)21(29)19(24)7-6-18(23)16-9-14(10-17(22)13(16)2)20(28)26-15-11-25-12-15/h6-7,9-10,15,25H,4-5,8,11-12,23-24H2,1-3H3,(H,26,28)/b18-6-,19-7-. The molecule has 0 aromatic heterocycles. The number of benzene rings is 1. The molecule has 2 amide bonds. The van der Waals surface area contributed by atoms with E-state index in [1.807, 2.05) is 6.92 Å². The number of rotatable bonds is 8. The normalized spacial score (nSPS) is 15.0. The molecule has 1 heterocycles. The van der Waals surface area contributed by atoms with E-state index in [-0.39, 0.29) is 34.8 Å². The van der Waals surface area contributed by atoms with Crippen LogP contribution >= 0.6 is 0 Å². The summed E-state index contributed by atoms with van der Waals surface area (Å²) in [6.07, 6.45) is 4.72. The molecule has 0 spiro atoms. The van der Waals surface area contributed by atoms with Gasteiger partial charge in [-0.3, -0.25) is 9.59 Å². The Morgan fingerprint density at radius 3 is 2.59 bits per heavy atom. The quantitative estimate of drug-likeness (QED) is 0.385. The summed E-state index contributed by atoms with van der Waals surface area (Å²) in [5.74, 6) is -1.18. The van der Waals surface area contributed by atoms with Gasteiger partial charge in [0.15, 0.2) is 0 Å². The molecular formula is C21H30FN5O2. The molecule has 29 heavy (non-hydrogen) atoms. The number of hydrogen-bond acceptors (Lipinski definition) is 5. The van der Waals surface area contributed by atoms with Gasteiger partial charge in [0.2, 0.25) is 0 Å². The van der Waals surface area contributed by atoms with Gasteiger partial charge in [-0.15, -0.1) is 0 Å². The molecule has 6 N–H and O–H groups in total. The maximum Gasteiger partial charge on any atom is 0.269 e. The minimum atomic E-state index is -0.525. The number of nitrogens with two attached hydrogens (primary N) is 2. The van der Waals surface area contributed by atoms with E-state index in [4.69, 9.17) is 11.5 Å². The topological polar surface area (TPSA) is 113 Å². The molecule has 0 saturated carbocycles. The van der Waals surface area contributed by atoms with Gasteiger partial charge in [-0.2, -0.15) is 0 Å². The van der Waals surface area contributed by atoms with E-state index in [1.54, 1.807) is 24.9 Å². The largest absolute Gasteiger partial charge is 0.398 e. The van der Waals surface area contributed by atoms with E-state index in [2.05, 4.69) is 10.6 Å². The van der Waals surface area contributed by atoms with E-state index in [0.29, 0.717) is 30.8 Å². The fourth-order valence-corrected chi connectivity index (χ4v) is 2.83. The SMILES string of the molecule is CCCCN(C)C(=O)/C(N)=C/C=C(\N)c1cc(C(=O)NC2CNC2)cc(F)c1C. The molecule has 1 aromatic rings. The van der Waals surface area contributed by atoms with Gasteiger partial charge >= 0.3 is 0 Å². The lowest BCUT2D eigenvalue weighted by molar-refractivity contribution is -0.126. The molecular weight excluding hydrogens is 373 g/mol. The third-order valence-corrected chi connectivity index (χ3v) is 4.92. The van der Waals surface area contributed by atoms with E-state index < -0.39 is 5.82 Å². The van der Waals surface area contributed by atoms with Crippen molar-refractivity contribution >= 4 is 17.5 Å². The minimum absolute atomic E-state index is 0.0380. The van der Waals surface area contributed by atoms with Crippen molar-refractivity contribution in [2.24, 2.45) is 11.5 Å². The minimum Gasteiger partial charge on any atom is -0.398 e. The number of allylic oxidation sites excluding steroid dienone is 2. The lowest BCUT2D eigenvalue weighted by Gasteiger charge is -2.28. The maximum absolute atomic E-state index is 14.4. The van der Waals surface area contributed by atoms with Crippen LogP contribution in [-0.2, 0) is 4.79 Å². The zero-order chi connectivity index (χ0) is 21.6. The first-order chi connectivity index (χ1) is 13.7. The molecule has 7 nitrogen and oxygen atoms in total. The summed E-state index contributed by atoms with van der Waals surface area (Å²) in [5, 5.41) is 5.89. The Balaban J connectivity index is 2.20. The van der Waals surface area contributed by atoms with E-state index >= 15 is 0 Å². The molecule has 0 radical (unpaired) electrons. The predicted molar refractivity (Wildman–Crippen MR) is 112 cm³/mol. The van der Waals surface area contributed by atoms with Crippen LogP contribution in [0.15, 0.2) is 30.0 Å². The molecule has 8 heteroatoms. The second-order valence-electron chi connectivity index (χ2n) is 7.28. The number of unbranched alkanes of at least 4 members (excludes halogenated alkanes) is 1. The fraction of sp³-hybridized carbons (Fsp3) is 0.429. The second-order valence-corrected chi connectivity index (χ2v) is 7.28. The van der Waals surface area contributed by atoms with Gasteiger partial charge in [-0.1, -0.05) is 13.3 Å². The van der Waals surface area contributed by atoms with Crippen LogP contribution in [0.4, 0.5) is 4.39 Å². The Morgan fingerprint density at radius 2 is 2.00 bits per heavy atom. The van der Waals surface area contributed by atoms with Gasteiger partial charge in [0.05, 0.1) is 11.7 Å². The van der Waals surface area contributed by atoms with Gasteiger partial charge in [-0.25, -0.2) is 4.39 Å². The summed E-state index contributed by atoms with van der Waals surface area (Å²) in [5.41, 5.74) is 13.1. The van der Waals surface area contributed by atoms with Gasteiger partial charge in [-0.05, 0) is 43.2 Å². The average molecular weight is 404 g/mol. The van der Waals surface area contributed by atoms with Crippen molar-refractivity contribution < 1.29 is 14.0 Å². The fourth-order valence-electron chi connectivity index (χ4n) is 2.83. The Bertz CT molecular complexity index is 831. The molecule has 0 unspecified atom stereocenters. The molecule has 0 aliphatic carbocycles. The van der Waals surface area contributed by atoms with E-state index in [1.165, 1.54) is 18.2 Å². The van der Waals surface area contributed by atoms with Crippen molar-refractivity contribution in [3.63, 3.8) is 0 Å². The highest BCUT2D eigenvalue weighted by Gasteiger charge is 2.21. The van der Waals surface area contributed by atoms with Crippen molar-refractivity contribution in [1.29, 1.82) is 0 Å². The van der Waals surface area contributed by atoms with Crippen LogP contribution in [0.1, 0.15) is 41.3 Å². The summed E-state index contributed by atoms with van der Waals surface area (Å²) in [7, 11) is 1.69. The van der Waals surface area contributed by atoms with Crippen molar-refractivity contribution in [2.75, 3.05) is 26.7 Å². The van der Waals surface area contributed by atoms with Crippen molar-refractivity contribution in [3.05, 3.63) is 52.5 Å². The van der Waals surface area contributed by atoms with Crippen LogP contribution in [-0.4, -0.2) is 49.4 Å². The van der Waals surface area contributed by atoms with Crippen LogP contribution < -0.4 is 22.1 Å². The summed E-state index contributed by atoms with van der Waals surface area (Å²) in [6, 6.07) is 2.79. The Kier molecular flexibility index (Phi) is 7.78. The van der Waals surface area contributed by atoms with Crippen LogP contribution in [0.5, 0.6) is 0 Å². The van der Waals surface area contributed by atoms with Crippen molar-refractivity contribution in [2.45, 2.75) is 32.7 Å². The average Bonchev–Trinajstić information content (AvgIpc) is 2.67. The zero-order valence-corrected chi connectivity index (χ0v) is 17.2.